The minimum Gasteiger partial charge on any atom is -0.481 e. The number of unbranched alkanes of at least 4 members (excludes halogenated alkanes) is 2. The van der Waals surface area contributed by atoms with Crippen molar-refractivity contribution in [2.75, 3.05) is 90.3 Å². The monoisotopic (exact) mass is 959 g/mol. The van der Waals surface area contributed by atoms with Crippen LogP contribution >= 0.6 is 0 Å². The highest BCUT2D eigenvalue weighted by atomic mass is 32.2. The van der Waals surface area contributed by atoms with Crippen molar-refractivity contribution in [1.29, 1.82) is 0 Å². The molecule has 2 aromatic carbocycles. The first kappa shape index (κ1) is 53.0. The van der Waals surface area contributed by atoms with Gasteiger partial charge in [0.1, 0.15) is 6.54 Å². The standard InChI is InChI=1S/C43H62N2O16S3/c1-5-44-37-16-14-33(63(51,52)53)31-35(37)42(2,18-10-30-62(48,49)50)39(44)11-9-12-40-43(3,19-21-58-24-25-60-28-29-61-27-26-59-23-22-57-4)36-32-34(64(54,55)56)15-17-38(36)45(40)20-8-6-7-13-41(46)47/h9,11-12,14-17,31-32H,5-8,10,13,18-30H2,1-4H3,(H3-,46,47,48,49,50,51,52,53,54,55,56)/p+1. The van der Waals surface area contributed by atoms with Gasteiger partial charge in [-0.1, -0.05) is 6.08 Å². The van der Waals surface area contributed by atoms with Gasteiger partial charge in [-0.05, 0) is 94.8 Å². The SMILES string of the molecule is CCN1/C(=C/C=C/C2=[N+](CCCCCC(=O)O)c3ccc(S(=O)(=O)O)cc3C2(C)CCOCCOCCOCCOCCOC)C(C)(CCCS(=O)(=O)O)c2cc(S(=O)(=O)O)ccc21. The molecule has 0 bridgehead atoms. The summed E-state index contributed by atoms with van der Waals surface area (Å²) in [6, 6.07) is 8.70. The quantitative estimate of drug-likeness (QED) is 0.0447. The molecule has 358 valence electrons. The number of aliphatic carboxylic acids is 1. The van der Waals surface area contributed by atoms with Crippen molar-refractivity contribution in [1.82, 2.24) is 0 Å². The molecule has 64 heavy (non-hydrogen) atoms. The molecule has 2 unspecified atom stereocenters. The van der Waals surface area contributed by atoms with Crippen LogP contribution in [0.5, 0.6) is 0 Å². The zero-order valence-corrected chi connectivity index (χ0v) is 39.4. The fourth-order valence-electron chi connectivity index (χ4n) is 8.23. The molecule has 2 aromatic rings. The van der Waals surface area contributed by atoms with E-state index in [0.717, 1.165) is 5.71 Å². The van der Waals surface area contributed by atoms with Crippen molar-refractivity contribution in [3.63, 3.8) is 0 Å². The zero-order chi connectivity index (χ0) is 47.2. The average molecular weight is 960 g/mol. The lowest BCUT2D eigenvalue weighted by Crippen LogP contribution is -2.33. The van der Waals surface area contributed by atoms with Crippen molar-refractivity contribution < 1.29 is 77.1 Å². The summed E-state index contributed by atoms with van der Waals surface area (Å²) in [4.78, 5) is 12.6. The molecule has 0 radical (unpaired) electrons. The maximum absolute atomic E-state index is 12.4. The highest BCUT2D eigenvalue weighted by Crippen LogP contribution is 2.51. The molecule has 0 fully saturated rings. The second-order valence-corrected chi connectivity index (χ2v) is 20.4. The van der Waals surface area contributed by atoms with E-state index < -0.39 is 52.9 Å². The third-order valence-corrected chi connectivity index (χ3v) is 14.0. The summed E-state index contributed by atoms with van der Waals surface area (Å²) in [6.45, 7) is 9.97. The lowest BCUT2D eigenvalue weighted by Gasteiger charge is -2.30. The van der Waals surface area contributed by atoms with Crippen LogP contribution in [0.25, 0.3) is 0 Å². The molecule has 2 aliphatic rings. The highest BCUT2D eigenvalue weighted by Gasteiger charge is 2.48. The van der Waals surface area contributed by atoms with E-state index in [9.17, 15) is 48.8 Å². The van der Waals surface area contributed by atoms with Gasteiger partial charge in [0.2, 0.25) is 5.69 Å². The Kier molecular flexibility index (Phi) is 19.6. The molecule has 4 N–H and O–H groups in total. The van der Waals surface area contributed by atoms with Gasteiger partial charge in [0, 0.05) is 67.6 Å². The van der Waals surface area contributed by atoms with Crippen LogP contribution in [-0.4, -0.2) is 146 Å². The molecule has 18 nitrogen and oxygen atoms in total. The van der Waals surface area contributed by atoms with E-state index in [1.807, 2.05) is 43.9 Å². The third-order valence-electron chi connectivity index (χ3n) is 11.5. The number of rotatable bonds is 30. The number of allylic oxidation sites excluding steroid dienone is 4. The summed E-state index contributed by atoms with van der Waals surface area (Å²) in [7, 11) is -11.9. The molecule has 0 aliphatic carbocycles. The smallest absolute Gasteiger partial charge is 0.303 e. The largest absolute Gasteiger partial charge is 0.481 e. The van der Waals surface area contributed by atoms with Crippen LogP contribution in [-0.2, 0) is 69.7 Å². The first-order chi connectivity index (χ1) is 30.2. The summed E-state index contributed by atoms with van der Waals surface area (Å²) in [6.07, 6.45) is 7.81. The molecule has 21 heteroatoms. The maximum atomic E-state index is 12.4. The number of ether oxygens (including phenoxy) is 5. The summed E-state index contributed by atoms with van der Waals surface area (Å²) in [5, 5.41) is 9.22. The zero-order valence-electron chi connectivity index (χ0n) is 36.9. The minimum atomic E-state index is -4.59. The molecule has 0 saturated carbocycles. The molecule has 2 aliphatic heterocycles. The first-order valence-corrected chi connectivity index (χ1v) is 25.7. The van der Waals surface area contributed by atoms with Crippen molar-refractivity contribution in [2.45, 2.75) is 86.3 Å². The highest BCUT2D eigenvalue weighted by molar-refractivity contribution is 7.86. The summed E-state index contributed by atoms with van der Waals surface area (Å²) < 4.78 is 132. The van der Waals surface area contributed by atoms with Crippen molar-refractivity contribution in [3.8, 4) is 0 Å². The number of likely N-dealkylation sites (N-methyl/N-ethyl adjacent to an activating group) is 1. The van der Waals surface area contributed by atoms with Gasteiger partial charge >= 0.3 is 5.97 Å². The molecule has 0 saturated heterocycles. The number of anilines is 1. The topological polar surface area (TPSA) is 253 Å². The predicted octanol–water partition coefficient (Wildman–Crippen LogP) is 5.19. The maximum Gasteiger partial charge on any atom is 0.303 e. The first-order valence-electron chi connectivity index (χ1n) is 21.2. The Hall–Kier alpha value is -3.61. The fourth-order valence-corrected chi connectivity index (χ4v) is 9.76. The fraction of sp³-hybridized carbons (Fsp3) is 0.581. The van der Waals surface area contributed by atoms with E-state index in [-0.39, 0.29) is 42.3 Å². The van der Waals surface area contributed by atoms with Crippen LogP contribution in [0.2, 0.25) is 0 Å². The number of benzene rings is 2. The number of fused-ring (bicyclic) bond motifs is 2. The Bertz CT molecular complexity index is 2350. The molecule has 2 atom stereocenters. The summed E-state index contributed by atoms with van der Waals surface area (Å²) >= 11 is 0. The Balaban J connectivity index is 1.69. The number of carboxylic acids is 1. The normalized spacial score (nSPS) is 19.6. The van der Waals surface area contributed by atoms with Crippen LogP contribution < -0.4 is 4.90 Å². The van der Waals surface area contributed by atoms with Gasteiger partial charge in [-0.15, -0.1) is 0 Å². The van der Waals surface area contributed by atoms with Gasteiger partial charge in [-0.3, -0.25) is 18.5 Å². The van der Waals surface area contributed by atoms with Crippen LogP contribution in [0.1, 0.15) is 76.8 Å². The van der Waals surface area contributed by atoms with Gasteiger partial charge in [0.25, 0.3) is 30.4 Å². The van der Waals surface area contributed by atoms with Crippen LogP contribution in [0.15, 0.2) is 70.1 Å². The lowest BCUT2D eigenvalue weighted by molar-refractivity contribution is -0.438. The van der Waals surface area contributed by atoms with Crippen LogP contribution in [0.3, 0.4) is 0 Å². The third kappa shape index (κ3) is 14.4. The van der Waals surface area contributed by atoms with E-state index >= 15 is 0 Å². The molecular weight excluding hydrogens is 897 g/mol. The number of hydrogen-bond acceptors (Lipinski definition) is 13. The number of carbonyl (C=O) groups is 1. The Morgan fingerprint density at radius 1 is 0.719 bits per heavy atom. The van der Waals surface area contributed by atoms with Crippen LogP contribution in [0.4, 0.5) is 11.4 Å². The average Bonchev–Trinajstić information content (AvgIpc) is 3.59. The van der Waals surface area contributed by atoms with E-state index in [1.54, 1.807) is 19.2 Å². The van der Waals surface area contributed by atoms with Gasteiger partial charge in [0.15, 0.2) is 5.71 Å². The second kappa shape index (κ2) is 23.7. The number of nitrogens with zero attached hydrogens (tertiary/aromatic N) is 2. The van der Waals surface area contributed by atoms with E-state index in [2.05, 4.69) is 4.58 Å². The van der Waals surface area contributed by atoms with Gasteiger partial charge in [0.05, 0.1) is 73.8 Å². The molecule has 4 rings (SSSR count). The van der Waals surface area contributed by atoms with E-state index in [4.69, 9.17) is 23.7 Å². The molecule has 2 heterocycles. The summed E-state index contributed by atoms with van der Waals surface area (Å²) in [5.74, 6) is -1.42. The number of methoxy groups -OCH3 is 1. The van der Waals surface area contributed by atoms with E-state index in [0.29, 0.717) is 113 Å². The minimum absolute atomic E-state index is 0.0134. The van der Waals surface area contributed by atoms with Crippen LogP contribution in [0, 0.1) is 0 Å². The number of carboxylic acid groups (broad SMARTS) is 1. The molecule has 0 spiro atoms. The van der Waals surface area contributed by atoms with Gasteiger partial charge in [-0.2, -0.15) is 29.8 Å². The Labute approximate surface area is 377 Å². The summed E-state index contributed by atoms with van der Waals surface area (Å²) in [5.41, 5.74) is 2.11. The van der Waals surface area contributed by atoms with Crippen molar-refractivity contribution in [2.24, 2.45) is 0 Å². The molecular formula is C43H63N2O16S3+. The van der Waals surface area contributed by atoms with Crippen molar-refractivity contribution >= 4 is 53.4 Å². The van der Waals surface area contributed by atoms with Crippen molar-refractivity contribution in [3.05, 3.63) is 71.5 Å². The Morgan fingerprint density at radius 3 is 1.83 bits per heavy atom. The Morgan fingerprint density at radius 2 is 1.28 bits per heavy atom. The molecule has 0 amide bonds. The second-order valence-electron chi connectivity index (χ2n) is 16.0. The van der Waals surface area contributed by atoms with Gasteiger partial charge < -0.3 is 33.7 Å². The molecule has 0 aromatic heterocycles. The van der Waals surface area contributed by atoms with E-state index in [1.165, 1.54) is 24.3 Å². The lowest BCUT2D eigenvalue weighted by atomic mass is 9.76. The predicted molar refractivity (Wildman–Crippen MR) is 239 cm³/mol. The van der Waals surface area contributed by atoms with Gasteiger partial charge in [-0.25, -0.2) is 0 Å². The number of hydrogen-bond donors (Lipinski definition) is 4.